The first kappa shape index (κ1) is 16.4. The van der Waals surface area contributed by atoms with Gasteiger partial charge in [0.25, 0.3) is 11.8 Å². The minimum Gasteiger partial charge on any atom is -0.335 e. The minimum atomic E-state index is -1.82. The zero-order valence-corrected chi connectivity index (χ0v) is 14.5. The number of alkyl halides is 1. The number of carbonyl (C=O) groups is 1. The number of hydrogen-bond acceptors (Lipinski definition) is 5. The zero-order chi connectivity index (χ0) is 18.3. The van der Waals surface area contributed by atoms with Crippen molar-refractivity contribution in [2.45, 2.75) is 19.0 Å². The fraction of sp³-hybridized carbons (Fsp3) is 0.333. The van der Waals surface area contributed by atoms with Crippen LogP contribution in [0.2, 0.25) is 0 Å². The standard InChI is InChI=1S/C18H18FN5O2/c1-12-14(10-23(2)21-12)16(25)24-9-8-18(19,11-24)17-20-15(26-22-17)13-6-4-3-5-7-13/h3-7,10H,8-9,11H2,1-2H3. The molecule has 0 radical (unpaired) electrons. The number of aryl methyl sites for hydroxylation is 2. The summed E-state index contributed by atoms with van der Waals surface area (Å²) >= 11 is 0. The Morgan fingerprint density at radius 1 is 1.31 bits per heavy atom. The predicted octanol–water partition coefficient (Wildman–Crippen LogP) is 2.49. The van der Waals surface area contributed by atoms with E-state index in [0.29, 0.717) is 17.8 Å². The molecule has 1 aliphatic rings. The van der Waals surface area contributed by atoms with Crippen LogP contribution in [0.3, 0.4) is 0 Å². The Hall–Kier alpha value is -3.03. The lowest BCUT2D eigenvalue weighted by molar-refractivity contribution is 0.0742. The molecule has 1 unspecified atom stereocenters. The molecule has 0 saturated carbocycles. The Morgan fingerprint density at radius 2 is 2.08 bits per heavy atom. The Kier molecular flexibility index (Phi) is 3.82. The van der Waals surface area contributed by atoms with E-state index in [1.165, 1.54) is 4.90 Å². The second-order valence-electron chi connectivity index (χ2n) is 6.53. The number of aromatic nitrogens is 4. The van der Waals surface area contributed by atoms with Gasteiger partial charge < -0.3 is 9.42 Å². The molecule has 4 rings (SSSR count). The number of benzene rings is 1. The molecule has 1 fully saturated rings. The van der Waals surface area contributed by atoms with Crippen molar-refractivity contribution in [1.82, 2.24) is 24.8 Å². The second kappa shape index (κ2) is 6.05. The molecular weight excluding hydrogens is 337 g/mol. The molecule has 8 heteroatoms. The van der Waals surface area contributed by atoms with Crippen LogP contribution in [0.5, 0.6) is 0 Å². The van der Waals surface area contributed by atoms with E-state index in [-0.39, 0.29) is 30.6 Å². The Bertz CT molecular complexity index is 952. The van der Waals surface area contributed by atoms with Gasteiger partial charge in [-0.3, -0.25) is 9.48 Å². The molecule has 1 saturated heterocycles. The van der Waals surface area contributed by atoms with Crippen LogP contribution >= 0.6 is 0 Å². The molecule has 1 aromatic carbocycles. The van der Waals surface area contributed by atoms with Crippen LogP contribution < -0.4 is 0 Å². The lowest BCUT2D eigenvalue weighted by Crippen LogP contribution is -2.33. The van der Waals surface area contributed by atoms with Gasteiger partial charge in [-0.05, 0) is 19.1 Å². The fourth-order valence-corrected chi connectivity index (χ4v) is 3.21. The summed E-state index contributed by atoms with van der Waals surface area (Å²) in [5.41, 5.74) is 0.0175. The van der Waals surface area contributed by atoms with Crippen LogP contribution in [0.4, 0.5) is 4.39 Å². The molecule has 1 aliphatic heterocycles. The van der Waals surface area contributed by atoms with Gasteiger partial charge in [-0.1, -0.05) is 23.4 Å². The summed E-state index contributed by atoms with van der Waals surface area (Å²) in [5.74, 6) is 0.0157. The van der Waals surface area contributed by atoms with Crippen molar-refractivity contribution in [1.29, 1.82) is 0 Å². The molecule has 0 N–H and O–H groups in total. The van der Waals surface area contributed by atoms with Gasteiger partial charge in [0.1, 0.15) is 0 Å². The van der Waals surface area contributed by atoms with E-state index in [4.69, 9.17) is 4.52 Å². The third-order valence-electron chi connectivity index (χ3n) is 4.60. The predicted molar refractivity (Wildman–Crippen MR) is 91.0 cm³/mol. The topological polar surface area (TPSA) is 77.0 Å². The smallest absolute Gasteiger partial charge is 0.258 e. The van der Waals surface area contributed by atoms with Crippen LogP contribution in [0.25, 0.3) is 11.5 Å². The molecule has 0 bridgehead atoms. The zero-order valence-electron chi connectivity index (χ0n) is 14.5. The van der Waals surface area contributed by atoms with Gasteiger partial charge in [-0.2, -0.15) is 10.1 Å². The van der Waals surface area contributed by atoms with Crippen molar-refractivity contribution in [2.24, 2.45) is 7.05 Å². The molecule has 3 heterocycles. The maximum Gasteiger partial charge on any atom is 0.258 e. The normalized spacial score (nSPS) is 19.9. The molecule has 1 amide bonds. The molecule has 0 aliphatic carbocycles. The van der Waals surface area contributed by atoms with E-state index in [2.05, 4.69) is 15.2 Å². The van der Waals surface area contributed by atoms with E-state index in [0.717, 1.165) is 5.56 Å². The van der Waals surface area contributed by atoms with Crippen molar-refractivity contribution >= 4 is 5.91 Å². The van der Waals surface area contributed by atoms with Crippen molar-refractivity contribution in [3.63, 3.8) is 0 Å². The fourth-order valence-electron chi connectivity index (χ4n) is 3.21. The quantitative estimate of drug-likeness (QED) is 0.721. The maximum atomic E-state index is 15.4. The summed E-state index contributed by atoms with van der Waals surface area (Å²) in [5, 5.41) is 7.99. The number of rotatable bonds is 3. The van der Waals surface area contributed by atoms with Crippen molar-refractivity contribution in [2.75, 3.05) is 13.1 Å². The van der Waals surface area contributed by atoms with Crippen LogP contribution in [-0.4, -0.2) is 43.8 Å². The summed E-state index contributed by atoms with van der Waals surface area (Å²) in [6, 6.07) is 9.20. The van der Waals surface area contributed by atoms with Crippen LogP contribution in [-0.2, 0) is 12.7 Å². The van der Waals surface area contributed by atoms with Crippen molar-refractivity contribution in [3.05, 3.63) is 53.6 Å². The van der Waals surface area contributed by atoms with Crippen LogP contribution in [0.1, 0.15) is 28.3 Å². The largest absolute Gasteiger partial charge is 0.335 e. The summed E-state index contributed by atoms with van der Waals surface area (Å²) in [6.07, 6.45) is 1.78. The molecule has 1 atom stereocenters. The lowest BCUT2D eigenvalue weighted by Gasteiger charge is -2.18. The average Bonchev–Trinajstić information content (AvgIpc) is 3.34. The molecule has 0 spiro atoms. The van der Waals surface area contributed by atoms with E-state index in [9.17, 15) is 4.79 Å². The first-order chi connectivity index (χ1) is 12.5. The summed E-state index contributed by atoms with van der Waals surface area (Å²) < 4.78 is 22.2. The van der Waals surface area contributed by atoms with Gasteiger partial charge in [0.2, 0.25) is 5.82 Å². The maximum absolute atomic E-state index is 15.4. The van der Waals surface area contributed by atoms with Crippen LogP contribution in [0.15, 0.2) is 41.1 Å². The van der Waals surface area contributed by atoms with Gasteiger partial charge >= 0.3 is 0 Å². The van der Waals surface area contributed by atoms with Gasteiger partial charge in [0, 0.05) is 31.8 Å². The minimum absolute atomic E-state index is 0.0189. The van der Waals surface area contributed by atoms with Crippen molar-refractivity contribution < 1.29 is 13.7 Å². The molecular formula is C18H18FN5O2. The Labute approximate surface area is 149 Å². The molecule has 26 heavy (non-hydrogen) atoms. The first-order valence-corrected chi connectivity index (χ1v) is 8.34. The highest BCUT2D eigenvalue weighted by atomic mass is 19.1. The monoisotopic (exact) mass is 355 g/mol. The highest BCUT2D eigenvalue weighted by Gasteiger charge is 2.46. The van der Waals surface area contributed by atoms with E-state index < -0.39 is 5.67 Å². The summed E-state index contributed by atoms with van der Waals surface area (Å²) in [6.45, 7) is 1.95. The molecule has 7 nitrogen and oxygen atoms in total. The highest BCUT2D eigenvalue weighted by Crippen LogP contribution is 2.36. The summed E-state index contributed by atoms with van der Waals surface area (Å²) in [7, 11) is 1.75. The third-order valence-corrected chi connectivity index (χ3v) is 4.60. The second-order valence-corrected chi connectivity index (χ2v) is 6.53. The van der Waals surface area contributed by atoms with Crippen LogP contribution in [0, 0.1) is 6.92 Å². The van der Waals surface area contributed by atoms with Gasteiger partial charge in [-0.15, -0.1) is 0 Å². The SMILES string of the molecule is Cc1nn(C)cc1C(=O)N1CCC(F)(c2noc(-c3ccccc3)n2)C1. The van der Waals surface area contributed by atoms with E-state index in [1.807, 2.05) is 30.3 Å². The van der Waals surface area contributed by atoms with Gasteiger partial charge in [-0.25, -0.2) is 4.39 Å². The molecule has 3 aromatic rings. The molecule has 134 valence electrons. The third kappa shape index (κ3) is 2.77. The molecule has 2 aromatic heterocycles. The number of likely N-dealkylation sites (tertiary alicyclic amines) is 1. The Balaban J connectivity index is 1.55. The Morgan fingerprint density at radius 3 is 2.77 bits per heavy atom. The summed E-state index contributed by atoms with van der Waals surface area (Å²) in [4.78, 5) is 18.4. The van der Waals surface area contributed by atoms with Gasteiger partial charge in [0.15, 0.2) is 5.67 Å². The number of carbonyl (C=O) groups excluding carboxylic acids is 1. The van der Waals surface area contributed by atoms with E-state index >= 15 is 4.39 Å². The first-order valence-electron chi connectivity index (χ1n) is 8.34. The number of nitrogens with zero attached hydrogens (tertiary/aromatic N) is 5. The van der Waals surface area contributed by atoms with Crippen molar-refractivity contribution in [3.8, 4) is 11.5 Å². The average molecular weight is 355 g/mol. The number of hydrogen-bond donors (Lipinski definition) is 0. The highest BCUT2D eigenvalue weighted by molar-refractivity contribution is 5.95. The van der Waals surface area contributed by atoms with E-state index in [1.54, 1.807) is 24.9 Å². The number of halogens is 1. The lowest BCUT2D eigenvalue weighted by atomic mass is 10.1. The van der Waals surface area contributed by atoms with Gasteiger partial charge in [0.05, 0.1) is 17.8 Å². The number of amides is 1.